The highest BCUT2D eigenvalue weighted by molar-refractivity contribution is 7.07. The van der Waals surface area contributed by atoms with Crippen molar-refractivity contribution < 1.29 is 0 Å². The van der Waals surface area contributed by atoms with Gasteiger partial charge in [0, 0.05) is 23.7 Å². The van der Waals surface area contributed by atoms with Crippen molar-refractivity contribution >= 4 is 40.8 Å². The summed E-state index contributed by atoms with van der Waals surface area (Å²) in [7, 11) is 0. The fraction of sp³-hybridized carbons (Fsp3) is 0.118. The highest BCUT2D eigenvalue weighted by atomic mass is 35.5. The fourth-order valence-electron chi connectivity index (χ4n) is 2.08. The number of rotatable bonds is 4. The van der Waals surface area contributed by atoms with Gasteiger partial charge in [-0.15, -0.1) is 11.3 Å². The Bertz CT molecular complexity index is 929. The number of hydrogen-bond acceptors (Lipinski definition) is 4. The van der Waals surface area contributed by atoms with E-state index in [9.17, 15) is 0 Å². The van der Waals surface area contributed by atoms with Crippen molar-refractivity contribution in [1.29, 1.82) is 0 Å². The molecule has 2 aromatic heterocycles. The molecule has 4 nitrogen and oxygen atoms in total. The van der Waals surface area contributed by atoms with E-state index in [1.807, 2.05) is 42.6 Å². The SMILES string of the molecule is CCN=c1scc(-c2ccc(Cl)c(Cl)c2)n1N=Cc1ccccn1. The molecule has 0 atom stereocenters. The summed E-state index contributed by atoms with van der Waals surface area (Å²) in [4.78, 5) is 9.56. The van der Waals surface area contributed by atoms with Crippen molar-refractivity contribution in [3.63, 3.8) is 0 Å². The summed E-state index contributed by atoms with van der Waals surface area (Å²) in [6, 6.07) is 11.2. The Morgan fingerprint density at radius 2 is 2.08 bits per heavy atom. The van der Waals surface area contributed by atoms with Crippen molar-refractivity contribution in [2.45, 2.75) is 6.92 Å². The minimum absolute atomic E-state index is 0.509. The quantitative estimate of drug-likeness (QED) is 0.607. The Morgan fingerprint density at radius 3 is 2.79 bits per heavy atom. The summed E-state index contributed by atoms with van der Waals surface area (Å²) in [6.07, 6.45) is 3.44. The van der Waals surface area contributed by atoms with Crippen LogP contribution in [0.1, 0.15) is 12.6 Å². The highest BCUT2D eigenvalue weighted by Gasteiger charge is 2.09. The van der Waals surface area contributed by atoms with E-state index in [1.54, 1.807) is 23.2 Å². The summed E-state index contributed by atoms with van der Waals surface area (Å²) in [5.41, 5.74) is 2.60. The molecule has 0 spiro atoms. The van der Waals surface area contributed by atoms with Gasteiger partial charge in [0.05, 0.1) is 27.6 Å². The average Bonchev–Trinajstić information content (AvgIpc) is 2.99. The topological polar surface area (TPSA) is 42.5 Å². The molecule has 0 bridgehead atoms. The van der Waals surface area contributed by atoms with Gasteiger partial charge in [-0.25, -0.2) is 4.68 Å². The van der Waals surface area contributed by atoms with E-state index in [0.717, 1.165) is 21.8 Å². The molecule has 0 saturated heterocycles. The van der Waals surface area contributed by atoms with Crippen molar-refractivity contribution in [1.82, 2.24) is 9.66 Å². The number of benzene rings is 1. The number of nitrogens with zero attached hydrogens (tertiary/aromatic N) is 4. The molecule has 2 heterocycles. The maximum atomic E-state index is 6.15. The molecule has 0 N–H and O–H groups in total. The molecule has 0 radical (unpaired) electrons. The van der Waals surface area contributed by atoms with E-state index in [2.05, 4.69) is 15.1 Å². The zero-order valence-electron chi connectivity index (χ0n) is 12.9. The minimum atomic E-state index is 0.509. The fourth-order valence-corrected chi connectivity index (χ4v) is 3.28. The maximum Gasteiger partial charge on any atom is 0.206 e. The molecule has 0 aliphatic heterocycles. The van der Waals surface area contributed by atoms with Gasteiger partial charge in [-0.2, -0.15) is 5.10 Å². The van der Waals surface area contributed by atoms with Crippen LogP contribution in [0, 0.1) is 0 Å². The molecule has 0 saturated carbocycles. The second-order valence-electron chi connectivity index (χ2n) is 4.82. The Hall–Kier alpha value is -1.95. The van der Waals surface area contributed by atoms with E-state index in [4.69, 9.17) is 23.2 Å². The van der Waals surface area contributed by atoms with Crippen LogP contribution in [0.4, 0.5) is 0 Å². The van der Waals surface area contributed by atoms with Crippen molar-refractivity contribution in [3.8, 4) is 11.3 Å². The molecule has 0 fully saturated rings. The molecule has 1 aromatic carbocycles. The lowest BCUT2D eigenvalue weighted by Gasteiger charge is -2.05. The summed E-state index contributed by atoms with van der Waals surface area (Å²) in [5.74, 6) is 0. The van der Waals surface area contributed by atoms with Gasteiger partial charge in [0.15, 0.2) is 0 Å². The van der Waals surface area contributed by atoms with E-state index in [-0.39, 0.29) is 0 Å². The van der Waals surface area contributed by atoms with Crippen LogP contribution in [0.3, 0.4) is 0 Å². The molecule has 7 heteroatoms. The van der Waals surface area contributed by atoms with Gasteiger partial charge in [0.1, 0.15) is 0 Å². The molecule has 0 unspecified atom stereocenters. The van der Waals surface area contributed by atoms with E-state index >= 15 is 0 Å². The zero-order chi connectivity index (χ0) is 16.9. The summed E-state index contributed by atoms with van der Waals surface area (Å²) >= 11 is 13.7. The molecule has 122 valence electrons. The maximum absolute atomic E-state index is 6.15. The van der Waals surface area contributed by atoms with Gasteiger partial charge in [-0.05, 0) is 31.2 Å². The van der Waals surface area contributed by atoms with Crippen LogP contribution >= 0.6 is 34.5 Å². The number of halogens is 2. The van der Waals surface area contributed by atoms with Crippen LogP contribution in [0.15, 0.2) is 58.1 Å². The number of pyridine rings is 1. The number of hydrogen-bond donors (Lipinski definition) is 0. The predicted molar refractivity (Wildman–Crippen MR) is 101 cm³/mol. The van der Waals surface area contributed by atoms with Crippen LogP contribution in [0.5, 0.6) is 0 Å². The Kier molecular flexibility index (Phi) is 5.45. The molecule has 0 aliphatic carbocycles. The van der Waals surface area contributed by atoms with Gasteiger partial charge in [-0.3, -0.25) is 9.98 Å². The third-order valence-corrected chi connectivity index (χ3v) is 4.78. The third-order valence-electron chi connectivity index (χ3n) is 3.19. The average molecular weight is 377 g/mol. The standard InChI is InChI=1S/C17H14Cl2N4S/c1-2-20-17-23(22-10-13-5-3-4-8-21-13)16(11-24-17)12-6-7-14(18)15(19)9-12/h3-11H,2H2,1H3. The van der Waals surface area contributed by atoms with E-state index < -0.39 is 0 Å². The number of thiazole rings is 1. The first-order valence-corrected chi connectivity index (χ1v) is 8.94. The highest BCUT2D eigenvalue weighted by Crippen LogP contribution is 2.28. The van der Waals surface area contributed by atoms with Crippen LogP contribution in [-0.4, -0.2) is 22.4 Å². The van der Waals surface area contributed by atoms with Gasteiger partial charge >= 0.3 is 0 Å². The third kappa shape index (κ3) is 3.75. The lowest BCUT2D eigenvalue weighted by molar-refractivity contribution is 0.832. The lowest BCUT2D eigenvalue weighted by atomic mass is 10.2. The lowest BCUT2D eigenvalue weighted by Crippen LogP contribution is -2.12. The minimum Gasteiger partial charge on any atom is -0.258 e. The van der Waals surface area contributed by atoms with Crippen LogP contribution < -0.4 is 4.80 Å². The zero-order valence-corrected chi connectivity index (χ0v) is 15.2. The first-order valence-electron chi connectivity index (χ1n) is 7.31. The first kappa shape index (κ1) is 16.9. The summed E-state index contributed by atoms with van der Waals surface area (Å²) in [6.45, 7) is 2.67. The number of aromatic nitrogens is 2. The molecule has 0 amide bonds. The van der Waals surface area contributed by atoms with Crippen LogP contribution in [-0.2, 0) is 0 Å². The van der Waals surface area contributed by atoms with Gasteiger partial charge in [0.2, 0.25) is 4.80 Å². The second kappa shape index (κ2) is 7.75. The smallest absolute Gasteiger partial charge is 0.206 e. The summed E-state index contributed by atoms with van der Waals surface area (Å²) < 4.78 is 1.79. The van der Waals surface area contributed by atoms with Crippen LogP contribution in [0.25, 0.3) is 11.3 Å². The second-order valence-corrected chi connectivity index (χ2v) is 6.47. The summed E-state index contributed by atoms with van der Waals surface area (Å²) in [5, 5.41) is 7.59. The molecular formula is C17H14Cl2N4S. The predicted octanol–water partition coefficient (Wildman–Crippen LogP) is 4.72. The van der Waals surface area contributed by atoms with Crippen molar-refractivity contribution in [2.24, 2.45) is 10.1 Å². The normalized spacial score (nSPS) is 12.2. The van der Waals surface area contributed by atoms with E-state index in [1.165, 1.54) is 11.3 Å². The Morgan fingerprint density at radius 1 is 1.21 bits per heavy atom. The Labute approximate surface area is 153 Å². The van der Waals surface area contributed by atoms with Gasteiger partial charge in [0.25, 0.3) is 0 Å². The first-order chi connectivity index (χ1) is 11.7. The Balaban J connectivity index is 2.09. The van der Waals surface area contributed by atoms with Gasteiger partial charge in [-0.1, -0.05) is 35.3 Å². The largest absolute Gasteiger partial charge is 0.258 e. The van der Waals surface area contributed by atoms with Crippen molar-refractivity contribution in [2.75, 3.05) is 6.54 Å². The monoisotopic (exact) mass is 376 g/mol. The van der Waals surface area contributed by atoms with Crippen LogP contribution in [0.2, 0.25) is 10.0 Å². The molecule has 3 rings (SSSR count). The molecule has 24 heavy (non-hydrogen) atoms. The molecule has 0 aliphatic rings. The van der Waals surface area contributed by atoms with Crippen molar-refractivity contribution in [3.05, 3.63) is 68.5 Å². The van der Waals surface area contributed by atoms with Gasteiger partial charge < -0.3 is 0 Å². The molecular weight excluding hydrogens is 363 g/mol. The molecule has 3 aromatic rings. The van der Waals surface area contributed by atoms with E-state index in [0.29, 0.717) is 16.6 Å².